The van der Waals surface area contributed by atoms with Crippen LogP contribution in [0.2, 0.25) is 0 Å². The van der Waals surface area contributed by atoms with Gasteiger partial charge in [0.25, 0.3) is 10.0 Å². The number of sulfonamides is 1. The van der Waals surface area contributed by atoms with E-state index in [4.69, 9.17) is 0 Å². The Hall–Kier alpha value is -3.86. The Kier molecular flexibility index (Phi) is 4.90. The molecule has 158 valence electrons. The SMILES string of the molecule is CN1C(C(=O)/C=C/c2cn(-c3ccc(F)cc3F)nn2)=C(O)c2ccccc2S1(=O)=O. The molecule has 1 aromatic heterocycles. The molecule has 0 saturated carbocycles. The number of allylic oxidation sites excluding steroid dienone is 1. The largest absolute Gasteiger partial charge is 0.505 e. The van der Waals surface area contributed by atoms with Crippen molar-refractivity contribution >= 4 is 27.6 Å². The molecule has 2 aromatic carbocycles. The summed E-state index contributed by atoms with van der Waals surface area (Å²) >= 11 is 0. The number of likely N-dealkylation sites (N-methyl/N-ethyl adjacent to an activating group) is 1. The van der Waals surface area contributed by atoms with Crippen molar-refractivity contribution in [2.24, 2.45) is 0 Å². The van der Waals surface area contributed by atoms with Gasteiger partial charge in [-0.2, -0.15) is 0 Å². The number of rotatable bonds is 4. The number of aromatic nitrogens is 3. The number of ketones is 1. The zero-order chi connectivity index (χ0) is 22.3. The Morgan fingerprint density at radius 2 is 1.90 bits per heavy atom. The molecule has 0 saturated heterocycles. The van der Waals surface area contributed by atoms with Gasteiger partial charge in [-0.05, 0) is 36.4 Å². The van der Waals surface area contributed by atoms with Crippen LogP contribution in [0.5, 0.6) is 0 Å². The lowest BCUT2D eigenvalue weighted by Gasteiger charge is -2.27. The molecule has 31 heavy (non-hydrogen) atoms. The smallest absolute Gasteiger partial charge is 0.265 e. The molecule has 0 amide bonds. The third-order valence-electron chi connectivity index (χ3n) is 4.63. The molecule has 0 unspecified atom stereocenters. The molecule has 1 aliphatic rings. The van der Waals surface area contributed by atoms with Crippen LogP contribution in [0.3, 0.4) is 0 Å². The van der Waals surface area contributed by atoms with Crippen LogP contribution in [-0.4, -0.2) is 45.7 Å². The van der Waals surface area contributed by atoms with Crippen LogP contribution in [0.15, 0.2) is 65.3 Å². The van der Waals surface area contributed by atoms with Gasteiger partial charge >= 0.3 is 0 Å². The molecule has 4 rings (SSSR count). The van der Waals surface area contributed by atoms with Crippen molar-refractivity contribution in [1.82, 2.24) is 19.3 Å². The Bertz CT molecular complexity index is 1380. The van der Waals surface area contributed by atoms with Gasteiger partial charge in [0.05, 0.1) is 11.1 Å². The number of fused-ring (bicyclic) bond motifs is 1. The summed E-state index contributed by atoms with van der Waals surface area (Å²) in [6, 6.07) is 8.73. The Labute approximate surface area is 175 Å². The number of hydrogen-bond acceptors (Lipinski definition) is 6. The average molecular weight is 444 g/mol. The second-order valence-electron chi connectivity index (χ2n) is 6.55. The van der Waals surface area contributed by atoms with E-state index < -0.39 is 38.9 Å². The number of aliphatic hydroxyl groups excluding tert-OH is 1. The third kappa shape index (κ3) is 3.48. The highest BCUT2D eigenvalue weighted by Gasteiger charge is 2.36. The molecule has 0 spiro atoms. The highest BCUT2D eigenvalue weighted by molar-refractivity contribution is 7.89. The molecule has 1 N–H and O–H groups in total. The highest BCUT2D eigenvalue weighted by Crippen LogP contribution is 2.34. The Morgan fingerprint density at radius 3 is 2.65 bits per heavy atom. The first kappa shape index (κ1) is 20.4. The first-order chi connectivity index (χ1) is 14.7. The second kappa shape index (κ2) is 7.43. The molecule has 1 aliphatic heterocycles. The van der Waals surface area contributed by atoms with E-state index >= 15 is 0 Å². The molecule has 0 aliphatic carbocycles. The van der Waals surface area contributed by atoms with Crippen molar-refractivity contribution in [3.05, 3.63) is 83.3 Å². The minimum absolute atomic E-state index is 0.0232. The predicted molar refractivity (Wildman–Crippen MR) is 106 cm³/mol. The van der Waals surface area contributed by atoms with Crippen molar-refractivity contribution in [1.29, 1.82) is 0 Å². The Morgan fingerprint density at radius 1 is 1.16 bits per heavy atom. The summed E-state index contributed by atoms with van der Waals surface area (Å²) in [6.45, 7) is 0. The summed E-state index contributed by atoms with van der Waals surface area (Å²) in [6.07, 6.45) is 3.54. The first-order valence-corrected chi connectivity index (χ1v) is 10.3. The van der Waals surface area contributed by atoms with Gasteiger partial charge in [0, 0.05) is 18.7 Å². The minimum Gasteiger partial charge on any atom is -0.505 e. The van der Waals surface area contributed by atoms with E-state index in [9.17, 15) is 27.1 Å². The molecular weight excluding hydrogens is 430 g/mol. The fourth-order valence-electron chi connectivity index (χ4n) is 3.08. The topological polar surface area (TPSA) is 105 Å². The summed E-state index contributed by atoms with van der Waals surface area (Å²) in [5, 5.41) is 18.0. The fourth-order valence-corrected chi connectivity index (χ4v) is 4.49. The number of carbonyl (C=O) groups excluding carboxylic acids is 1. The molecule has 3 aromatic rings. The zero-order valence-electron chi connectivity index (χ0n) is 15.9. The van der Waals surface area contributed by atoms with Gasteiger partial charge in [-0.3, -0.25) is 9.10 Å². The maximum atomic E-state index is 13.9. The maximum Gasteiger partial charge on any atom is 0.265 e. The molecular formula is C20H14F2N4O4S. The van der Waals surface area contributed by atoms with Crippen molar-refractivity contribution < 1.29 is 27.1 Å². The van der Waals surface area contributed by atoms with Crippen LogP contribution in [0.25, 0.3) is 17.5 Å². The van der Waals surface area contributed by atoms with Crippen LogP contribution in [0, 0.1) is 11.6 Å². The van der Waals surface area contributed by atoms with Crippen molar-refractivity contribution in [3.63, 3.8) is 0 Å². The monoisotopic (exact) mass is 444 g/mol. The van der Waals surface area contributed by atoms with Gasteiger partial charge < -0.3 is 5.11 Å². The van der Waals surface area contributed by atoms with Crippen molar-refractivity contribution in [2.45, 2.75) is 4.90 Å². The summed E-state index contributed by atoms with van der Waals surface area (Å²) in [4.78, 5) is 12.6. The second-order valence-corrected chi connectivity index (χ2v) is 8.48. The summed E-state index contributed by atoms with van der Waals surface area (Å²) in [5.74, 6) is -2.85. The first-order valence-electron chi connectivity index (χ1n) is 8.82. The van der Waals surface area contributed by atoms with Gasteiger partial charge in [-0.25, -0.2) is 21.9 Å². The van der Waals surface area contributed by atoms with E-state index in [1.165, 1.54) is 36.5 Å². The lowest BCUT2D eigenvalue weighted by molar-refractivity contribution is -0.112. The van der Waals surface area contributed by atoms with E-state index in [1.807, 2.05) is 0 Å². The third-order valence-corrected chi connectivity index (χ3v) is 6.44. The summed E-state index contributed by atoms with van der Waals surface area (Å²) in [7, 11) is -2.85. The molecule has 0 radical (unpaired) electrons. The molecule has 2 heterocycles. The van der Waals surface area contributed by atoms with E-state index in [-0.39, 0.29) is 21.8 Å². The quantitative estimate of drug-likeness (QED) is 0.621. The van der Waals surface area contributed by atoms with Gasteiger partial charge in [0.1, 0.15) is 22.9 Å². The van der Waals surface area contributed by atoms with E-state index in [0.717, 1.165) is 23.9 Å². The number of benzene rings is 2. The average Bonchev–Trinajstić information content (AvgIpc) is 3.20. The van der Waals surface area contributed by atoms with Gasteiger partial charge in [-0.15, -0.1) is 5.10 Å². The minimum atomic E-state index is -4.01. The summed E-state index contributed by atoms with van der Waals surface area (Å²) < 4.78 is 54.1. The highest BCUT2D eigenvalue weighted by atomic mass is 32.2. The van der Waals surface area contributed by atoms with Gasteiger partial charge in [-0.1, -0.05) is 17.3 Å². The number of nitrogens with zero attached hydrogens (tertiary/aromatic N) is 4. The number of carbonyl (C=O) groups is 1. The molecule has 0 bridgehead atoms. The van der Waals surface area contributed by atoms with Crippen LogP contribution in [0.4, 0.5) is 8.78 Å². The van der Waals surface area contributed by atoms with Crippen LogP contribution >= 0.6 is 0 Å². The van der Waals surface area contributed by atoms with Gasteiger partial charge in [0.2, 0.25) is 5.78 Å². The zero-order valence-corrected chi connectivity index (χ0v) is 16.7. The molecule has 0 fully saturated rings. The van der Waals surface area contributed by atoms with Gasteiger partial charge in [0.15, 0.2) is 11.6 Å². The standard InChI is InChI=1S/C20H14F2N4O4S/c1-25-19(20(28)14-4-2-3-5-18(14)31(25,29)30)17(27)9-7-13-11-26(24-23-13)16-8-6-12(21)10-15(16)22/h2-11,28H,1H3/b9-7+. The predicted octanol–water partition coefficient (Wildman–Crippen LogP) is 2.69. The van der Waals surface area contributed by atoms with Crippen LogP contribution in [0.1, 0.15) is 11.3 Å². The lowest BCUT2D eigenvalue weighted by atomic mass is 10.1. The van der Waals surface area contributed by atoms with Crippen LogP contribution in [-0.2, 0) is 14.8 Å². The fraction of sp³-hybridized carbons (Fsp3) is 0.0500. The van der Waals surface area contributed by atoms with E-state index in [1.54, 1.807) is 6.07 Å². The van der Waals surface area contributed by atoms with E-state index in [0.29, 0.717) is 10.4 Å². The van der Waals surface area contributed by atoms with E-state index in [2.05, 4.69) is 10.3 Å². The maximum absolute atomic E-state index is 13.9. The molecule has 8 nitrogen and oxygen atoms in total. The van der Waals surface area contributed by atoms with Crippen molar-refractivity contribution in [3.8, 4) is 5.69 Å². The lowest BCUT2D eigenvalue weighted by Crippen LogP contribution is -2.34. The van der Waals surface area contributed by atoms with Crippen molar-refractivity contribution in [2.75, 3.05) is 7.05 Å². The number of aliphatic hydroxyl groups is 1. The molecule has 0 atom stereocenters. The summed E-state index contributed by atoms with van der Waals surface area (Å²) in [5.41, 5.74) is -0.296. The van der Waals surface area contributed by atoms with Crippen LogP contribution < -0.4 is 0 Å². The normalized spacial score (nSPS) is 15.4. The molecule has 11 heteroatoms. The number of halogens is 2. The Balaban J connectivity index is 1.65. The number of hydrogen-bond donors (Lipinski definition) is 1.